The van der Waals surface area contributed by atoms with Gasteiger partial charge in [0.1, 0.15) is 17.1 Å². The Kier molecular flexibility index (Phi) is 3.39. The summed E-state index contributed by atoms with van der Waals surface area (Å²) in [6.07, 6.45) is 0. The first-order chi connectivity index (χ1) is 10.2. The number of hydrogen-bond acceptors (Lipinski definition) is 4. The summed E-state index contributed by atoms with van der Waals surface area (Å²) in [7, 11) is 1.62. The fourth-order valence-corrected chi connectivity index (χ4v) is 2.28. The molecule has 0 aliphatic carbocycles. The molecular weight excluding hydrogens is 264 g/mol. The van der Waals surface area contributed by atoms with Crippen LogP contribution in [0.4, 0.5) is 11.5 Å². The largest absolute Gasteiger partial charge is 0.494 e. The maximum absolute atomic E-state index is 5.28. The molecule has 0 atom stereocenters. The third-order valence-corrected chi connectivity index (χ3v) is 3.32. The van der Waals surface area contributed by atoms with E-state index in [1.807, 2.05) is 60.7 Å². The van der Waals surface area contributed by atoms with Crippen molar-refractivity contribution in [2.45, 2.75) is 13.8 Å². The fraction of sp³-hybridized carbons (Fsp3) is 0.188. The summed E-state index contributed by atoms with van der Waals surface area (Å²) in [6, 6.07) is 13.5. The highest BCUT2D eigenvalue weighted by Crippen LogP contribution is 2.30. The molecule has 106 valence electrons. The number of benzene rings is 1. The smallest absolute Gasteiger partial charge is 0.182 e. The number of aromatic nitrogens is 2. The molecule has 0 fully saturated rings. The van der Waals surface area contributed by atoms with Crippen molar-refractivity contribution in [1.29, 1.82) is 0 Å². The zero-order valence-electron chi connectivity index (χ0n) is 12.2. The van der Waals surface area contributed by atoms with E-state index in [0.29, 0.717) is 11.4 Å². The van der Waals surface area contributed by atoms with E-state index in [1.54, 1.807) is 7.11 Å². The molecule has 0 saturated carbocycles. The van der Waals surface area contributed by atoms with Crippen LogP contribution in [0.5, 0.6) is 5.75 Å². The maximum Gasteiger partial charge on any atom is 0.182 e. The van der Waals surface area contributed by atoms with Crippen molar-refractivity contribution < 1.29 is 4.74 Å². The fourth-order valence-electron chi connectivity index (χ4n) is 2.28. The van der Waals surface area contributed by atoms with Gasteiger partial charge in [-0.1, -0.05) is 18.2 Å². The van der Waals surface area contributed by atoms with Crippen LogP contribution in [0.1, 0.15) is 11.4 Å². The minimum absolute atomic E-state index is 0.697. The Morgan fingerprint density at radius 2 is 1.81 bits per heavy atom. The van der Waals surface area contributed by atoms with Crippen LogP contribution in [0.3, 0.4) is 0 Å². The molecule has 0 N–H and O–H groups in total. The van der Waals surface area contributed by atoms with E-state index in [2.05, 4.69) is 15.2 Å². The first-order valence-electron chi connectivity index (χ1n) is 6.70. The van der Waals surface area contributed by atoms with Crippen molar-refractivity contribution in [2.75, 3.05) is 7.11 Å². The number of ether oxygens (including phenoxy) is 1. The second kappa shape index (κ2) is 5.36. The lowest BCUT2D eigenvalue weighted by Crippen LogP contribution is -1.89. The summed E-state index contributed by atoms with van der Waals surface area (Å²) in [5.41, 5.74) is 3.49. The number of azo groups is 1. The number of aryl methyl sites for hydroxylation is 2. The summed E-state index contributed by atoms with van der Waals surface area (Å²) in [5.74, 6) is 1.44. The summed E-state index contributed by atoms with van der Waals surface area (Å²) in [4.78, 5) is 4.51. The van der Waals surface area contributed by atoms with Crippen LogP contribution in [0, 0.1) is 13.8 Å². The second-order valence-electron chi connectivity index (χ2n) is 4.75. The third-order valence-electron chi connectivity index (χ3n) is 3.32. The summed E-state index contributed by atoms with van der Waals surface area (Å²) in [6.45, 7) is 3.96. The molecule has 5 heteroatoms. The molecular formula is C16H16N4O. The molecule has 2 aromatic heterocycles. The Balaban J connectivity index is 2.09. The van der Waals surface area contributed by atoms with Crippen molar-refractivity contribution in [3.05, 3.63) is 53.9 Å². The van der Waals surface area contributed by atoms with E-state index >= 15 is 0 Å². The molecule has 0 unspecified atom stereocenters. The van der Waals surface area contributed by atoms with Gasteiger partial charge < -0.3 is 4.74 Å². The summed E-state index contributed by atoms with van der Waals surface area (Å²) >= 11 is 0. The van der Waals surface area contributed by atoms with Crippen LogP contribution in [0.15, 0.2) is 52.7 Å². The van der Waals surface area contributed by atoms with Crippen molar-refractivity contribution >= 4 is 17.2 Å². The van der Waals surface area contributed by atoms with Gasteiger partial charge in [0, 0.05) is 5.69 Å². The Morgan fingerprint density at radius 1 is 1.00 bits per heavy atom. The summed E-state index contributed by atoms with van der Waals surface area (Å²) in [5, 5.41) is 8.69. The minimum atomic E-state index is 0.697. The standard InChI is InChI=1S/C16H16N4O/c1-11-7-6-10-15-17-12(2)16(20(11)15)19-18-13-8-4-5-9-14(13)21-3/h4-10H,1-3H3. The maximum atomic E-state index is 5.28. The van der Waals surface area contributed by atoms with Gasteiger partial charge in [-0.3, -0.25) is 4.40 Å². The number of rotatable bonds is 3. The first-order valence-corrected chi connectivity index (χ1v) is 6.70. The van der Waals surface area contributed by atoms with Crippen molar-refractivity contribution in [3.8, 4) is 5.75 Å². The Bertz CT molecular complexity index is 820. The van der Waals surface area contributed by atoms with E-state index in [9.17, 15) is 0 Å². The summed E-state index contributed by atoms with van der Waals surface area (Å²) < 4.78 is 7.27. The van der Waals surface area contributed by atoms with Crippen molar-refractivity contribution in [3.63, 3.8) is 0 Å². The van der Waals surface area contributed by atoms with E-state index in [4.69, 9.17) is 4.74 Å². The molecule has 2 heterocycles. The van der Waals surface area contributed by atoms with Crippen LogP contribution >= 0.6 is 0 Å². The molecule has 3 aromatic rings. The molecule has 5 nitrogen and oxygen atoms in total. The molecule has 21 heavy (non-hydrogen) atoms. The van der Waals surface area contributed by atoms with Crippen molar-refractivity contribution in [1.82, 2.24) is 9.38 Å². The average molecular weight is 280 g/mol. The van der Waals surface area contributed by atoms with Gasteiger partial charge in [-0.15, -0.1) is 10.2 Å². The van der Waals surface area contributed by atoms with E-state index < -0.39 is 0 Å². The van der Waals surface area contributed by atoms with Gasteiger partial charge in [0.05, 0.1) is 12.8 Å². The molecule has 1 aromatic carbocycles. The van der Waals surface area contributed by atoms with Gasteiger partial charge in [-0.2, -0.15) is 0 Å². The monoisotopic (exact) mass is 280 g/mol. The Labute approximate surface area is 122 Å². The molecule has 0 saturated heterocycles. The number of fused-ring (bicyclic) bond motifs is 1. The average Bonchev–Trinajstić information content (AvgIpc) is 2.82. The normalized spacial score (nSPS) is 11.4. The van der Waals surface area contributed by atoms with Crippen LogP contribution in [-0.2, 0) is 0 Å². The topological polar surface area (TPSA) is 51.2 Å². The lowest BCUT2D eigenvalue weighted by molar-refractivity contribution is 0.416. The zero-order chi connectivity index (χ0) is 14.8. The van der Waals surface area contributed by atoms with E-state index in [-0.39, 0.29) is 0 Å². The highest BCUT2D eigenvalue weighted by molar-refractivity contribution is 5.54. The van der Waals surface area contributed by atoms with Crippen LogP contribution in [-0.4, -0.2) is 16.5 Å². The predicted molar refractivity (Wildman–Crippen MR) is 81.8 cm³/mol. The van der Waals surface area contributed by atoms with Gasteiger partial charge in [0.2, 0.25) is 0 Å². The zero-order valence-corrected chi connectivity index (χ0v) is 12.2. The first kappa shape index (κ1) is 13.3. The Morgan fingerprint density at radius 3 is 2.62 bits per heavy atom. The number of pyridine rings is 1. The number of para-hydroxylation sites is 1. The molecule has 0 radical (unpaired) electrons. The predicted octanol–water partition coefficient (Wildman–Crippen LogP) is 4.38. The lowest BCUT2D eigenvalue weighted by Gasteiger charge is -2.03. The molecule has 3 rings (SSSR count). The molecule has 0 amide bonds. The lowest BCUT2D eigenvalue weighted by atomic mass is 10.3. The van der Waals surface area contributed by atoms with Gasteiger partial charge >= 0.3 is 0 Å². The van der Waals surface area contributed by atoms with Gasteiger partial charge in [-0.05, 0) is 38.1 Å². The van der Waals surface area contributed by atoms with Gasteiger partial charge in [-0.25, -0.2) is 4.98 Å². The van der Waals surface area contributed by atoms with Gasteiger partial charge in [0.25, 0.3) is 0 Å². The molecule has 0 spiro atoms. The second-order valence-corrected chi connectivity index (χ2v) is 4.75. The SMILES string of the molecule is COc1ccccc1N=Nc1c(C)nc2cccc(C)n12. The number of imidazole rings is 1. The minimum Gasteiger partial charge on any atom is -0.494 e. The number of methoxy groups -OCH3 is 1. The van der Waals surface area contributed by atoms with Crippen LogP contribution < -0.4 is 4.74 Å². The highest BCUT2D eigenvalue weighted by Gasteiger charge is 2.09. The van der Waals surface area contributed by atoms with Crippen molar-refractivity contribution in [2.24, 2.45) is 10.2 Å². The Hall–Kier alpha value is -2.69. The van der Waals surface area contributed by atoms with E-state index in [0.717, 1.165) is 22.9 Å². The quantitative estimate of drug-likeness (QED) is 0.669. The molecule has 0 aliphatic heterocycles. The van der Waals surface area contributed by atoms with Crippen LogP contribution in [0.2, 0.25) is 0 Å². The third kappa shape index (κ3) is 2.38. The van der Waals surface area contributed by atoms with Crippen LogP contribution in [0.25, 0.3) is 5.65 Å². The highest BCUT2D eigenvalue weighted by atomic mass is 16.5. The molecule has 0 aliphatic rings. The van der Waals surface area contributed by atoms with Gasteiger partial charge in [0.15, 0.2) is 5.82 Å². The number of nitrogens with zero attached hydrogens (tertiary/aromatic N) is 4. The number of hydrogen-bond donors (Lipinski definition) is 0. The van der Waals surface area contributed by atoms with E-state index in [1.165, 1.54) is 0 Å². The molecule has 0 bridgehead atoms.